The molecule has 6 heterocycles. The minimum atomic E-state index is -3.83. The SMILES string of the molecule is C.C#CC#CC#CC.C=C[C@@H]1C[C@]1(C)C(=O)NS(=O)(=O)C1CC1.C=C[C@@H]1C[C@]1(CC(=O)[C@@H]1C[C@@H]2CN1C(=O)[C@H](C(C)(C)C)CC(=O)[C@@H](C)COCCCc1cc3c(nccc3cc1C)O2)C(=O)NS(=O)(=O)C1CC1.Cc1cc2ccnc3c2cc1CCCOC[C@H](C)C(=O)C[C@@H](C(C)(C)C)C(=O)N1C[C@@H](C[C@H]1C(=O)O)O3.[B]B([B])B([B])[B][BH3-]. The van der Waals surface area contributed by atoms with Gasteiger partial charge >= 0.3 is 5.97 Å². The molecule has 12 atom stereocenters. The van der Waals surface area contributed by atoms with Crippen molar-refractivity contribution in [1.82, 2.24) is 29.2 Å². The van der Waals surface area contributed by atoms with Gasteiger partial charge in [0.25, 0.3) is 0 Å². The van der Waals surface area contributed by atoms with Crippen LogP contribution in [0.4, 0.5) is 0 Å². The molecule has 2 saturated heterocycles. The number of carbonyl (C=O) groups is 8. The van der Waals surface area contributed by atoms with Crippen LogP contribution in [0.2, 0.25) is 0 Å². The van der Waals surface area contributed by atoms with E-state index in [2.05, 4.69) is 100 Å². The number of nitrogens with zero attached hydrogens (tertiary/aromatic N) is 4. The molecule has 4 aliphatic heterocycles. The molecule has 118 heavy (non-hydrogen) atoms. The maximum atomic E-state index is 14.6. The van der Waals surface area contributed by atoms with Crippen molar-refractivity contribution in [2.24, 2.45) is 57.2 Å². The number of carboxylic acids is 1. The molecule has 3 N–H and O–H groups in total. The molecule has 0 unspecified atom stereocenters. The van der Waals surface area contributed by atoms with E-state index in [0.717, 1.165) is 58.4 Å². The van der Waals surface area contributed by atoms with Crippen LogP contribution in [0.15, 0.2) is 74.1 Å². The fraction of sp³-hybridized carbons (Fsp3) is 0.581. The fourth-order valence-corrected chi connectivity index (χ4v) is 17.7. The summed E-state index contributed by atoms with van der Waals surface area (Å²) in [5, 5.41) is 12.7. The number of nitrogens with one attached hydrogen (secondary N) is 2. The number of hydrogen-bond donors (Lipinski definition) is 3. The lowest BCUT2D eigenvalue weighted by Crippen LogP contribution is -2.49. The average molecular weight is 1640 g/mol. The number of allylic oxidation sites excluding steroid dienone is 2. The van der Waals surface area contributed by atoms with Crippen molar-refractivity contribution in [2.45, 2.75) is 222 Å². The topological polar surface area (TPSA) is 318 Å². The summed E-state index contributed by atoms with van der Waals surface area (Å²) in [4.78, 5) is 119. The second-order valence-electron chi connectivity index (χ2n) is 34.5. The summed E-state index contributed by atoms with van der Waals surface area (Å²) < 4.78 is 77.5. The van der Waals surface area contributed by atoms with E-state index in [-0.39, 0.29) is 144 Å². The van der Waals surface area contributed by atoms with Crippen molar-refractivity contribution < 1.29 is 79.2 Å². The Bertz CT molecular complexity index is 4810. The van der Waals surface area contributed by atoms with Gasteiger partial charge in [-0.15, -0.1) is 19.6 Å². The first-order valence-corrected chi connectivity index (χ1v) is 43.0. The van der Waals surface area contributed by atoms with E-state index in [0.29, 0.717) is 63.7 Å². The first-order valence-electron chi connectivity index (χ1n) is 39.9. The zero-order chi connectivity index (χ0) is 86.4. The highest BCUT2D eigenvalue weighted by Gasteiger charge is 2.62. The van der Waals surface area contributed by atoms with E-state index in [1.54, 1.807) is 38.4 Å². The second kappa shape index (κ2) is 41.3. The van der Waals surface area contributed by atoms with E-state index in [9.17, 15) is 60.3 Å². The largest absolute Gasteiger partial charge is 0.480 e. The number of aromatic nitrogens is 2. The monoisotopic (exact) mass is 1640 g/mol. The van der Waals surface area contributed by atoms with Gasteiger partial charge in [-0.25, -0.2) is 31.6 Å². The van der Waals surface area contributed by atoms with Crippen LogP contribution < -0.4 is 18.9 Å². The number of aliphatic carboxylic acids is 1. The Morgan fingerprint density at radius 1 is 0.703 bits per heavy atom. The molecule has 2 aromatic carbocycles. The van der Waals surface area contributed by atoms with Gasteiger partial charge in [0.15, 0.2) is 5.78 Å². The lowest BCUT2D eigenvalue weighted by Gasteiger charge is -2.35. The van der Waals surface area contributed by atoms with Crippen molar-refractivity contribution in [3.8, 4) is 47.8 Å². The van der Waals surface area contributed by atoms with E-state index < -0.39 is 101 Å². The highest BCUT2D eigenvalue weighted by Crippen LogP contribution is 2.57. The number of benzene rings is 2. The molecular weight excluding hydrogens is 1530 g/mol. The van der Waals surface area contributed by atoms with Gasteiger partial charge in [0.05, 0.1) is 53.7 Å². The number of aryl methyl sites for hydroxylation is 4. The van der Waals surface area contributed by atoms with Crippen molar-refractivity contribution in [1.29, 1.82) is 0 Å². The van der Waals surface area contributed by atoms with E-state index in [4.69, 9.17) is 48.6 Å². The molecule has 8 bridgehead atoms. The number of fused-ring (bicyclic) bond motifs is 6. The highest BCUT2D eigenvalue weighted by atomic mass is 32.2. The number of pyridine rings is 2. The fourth-order valence-electron chi connectivity index (χ4n) is 14.9. The van der Waals surface area contributed by atoms with E-state index in [1.165, 1.54) is 20.9 Å². The number of ketones is 3. The Morgan fingerprint density at radius 2 is 1.14 bits per heavy atom. The van der Waals surface area contributed by atoms with Crippen molar-refractivity contribution in [3.63, 3.8) is 0 Å². The molecule has 4 aromatic rings. The van der Waals surface area contributed by atoms with E-state index in [1.807, 2.05) is 74.6 Å². The lowest BCUT2D eigenvalue weighted by atomic mass is 8.76. The van der Waals surface area contributed by atoms with Gasteiger partial charge in [-0.2, -0.15) is 7.06 Å². The van der Waals surface area contributed by atoms with Crippen LogP contribution in [0.5, 0.6) is 11.8 Å². The number of terminal acetylenes is 1. The number of amides is 4. The average Bonchev–Trinajstić information content (AvgIpc) is 1.56. The maximum absolute atomic E-state index is 14.6. The number of Topliss-reactive ketones (excluding diaryl/α,β-unsaturated/α-hetero) is 3. The minimum Gasteiger partial charge on any atom is -0.480 e. The van der Waals surface area contributed by atoms with Gasteiger partial charge < -0.3 is 33.9 Å². The molecule has 7 radical (unpaired) electrons. The van der Waals surface area contributed by atoms with Gasteiger partial charge in [-0.3, -0.25) is 43.0 Å². The van der Waals surface area contributed by atoms with Crippen LogP contribution in [0.25, 0.3) is 21.5 Å². The van der Waals surface area contributed by atoms with E-state index >= 15 is 0 Å². The molecule has 625 valence electrons. The molecule has 4 saturated carbocycles. The molecular formula is C86H115B7N6O17S2-. The molecule has 23 nitrogen and oxygen atoms in total. The lowest BCUT2D eigenvalue weighted by molar-refractivity contribution is -0.152. The summed E-state index contributed by atoms with van der Waals surface area (Å²) in [6.07, 6.45) is 16.5. The van der Waals surface area contributed by atoms with Crippen LogP contribution in [-0.4, -0.2) is 214 Å². The Hall–Kier alpha value is -8.35. The summed E-state index contributed by atoms with van der Waals surface area (Å²) in [6, 6.07) is 10.3. The zero-order valence-electron chi connectivity index (χ0n) is 69.1. The van der Waals surface area contributed by atoms with Gasteiger partial charge in [0.1, 0.15) is 29.8 Å². The Kier molecular flexibility index (Phi) is 33.9. The third-order valence-electron chi connectivity index (χ3n) is 23.1. The Balaban J connectivity index is 0.000000247. The molecule has 8 aliphatic rings. The summed E-state index contributed by atoms with van der Waals surface area (Å²) in [7, 11) is 10.8. The first-order chi connectivity index (χ1) is 55.0. The van der Waals surface area contributed by atoms with Crippen LogP contribution in [0.1, 0.15) is 182 Å². The Labute approximate surface area is 706 Å². The molecule has 0 spiro atoms. The molecule has 2 aromatic heterocycles. The van der Waals surface area contributed by atoms with Crippen molar-refractivity contribution in [3.05, 3.63) is 96.4 Å². The predicted octanol–water partition coefficient (Wildman–Crippen LogP) is 7.69. The van der Waals surface area contributed by atoms with Crippen molar-refractivity contribution in [2.75, 3.05) is 39.5 Å². The first kappa shape index (κ1) is 96.8. The van der Waals surface area contributed by atoms with Crippen molar-refractivity contribution >= 4 is 139 Å². The van der Waals surface area contributed by atoms with Gasteiger partial charge in [0.2, 0.25) is 55.4 Å². The number of ether oxygens (including phenoxy) is 4. The number of hydrogen-bond acceptors (Lipinski definition) is 18. The molecule has 12 rings (SSSR count). The third kappa shape index (κ3) is 25.2. The highest BCUT2D eigenvalue weighted by molar-refractivity contribution is 7.91. The van der Waals surface area contributed by atoms with Gasteiger partial charge in [-0.1, -0.05) is 108 Å². The third-order valence-corrected chi connectivity index (χ3v) is 26.7. The summed E-state index contributed by atoms with van der Waals surface area (Å²) in [5.41, 5.74) is 1.64. The normalized spacial score (nSPS) is 25.9. The maximum Gasteiger partial charge on any atom is 0.326 e. The molecule has 4 amide bonds. The number of carboxylic acid groups (broad SMARTS) is 1. The quantitative estimate of drug-likeness (QED) is 0.0618. The predicted molar refractivity (Wildman–Crippen MR) is 470 cm³/mol. The standard InChI is InChI=1S/C39H51N3O8S.C29H38N2O6.C10H15NO3S.C7H4.CH4.B7H3/c1-7-27-19-39(27,37(46)41-51(47,48)29-10-11-29)20-34(44)32-17-28-21-42(32)36(45)31(38(4,5)6)18-33(43)24(3)22-49-14-8-9-25-16-30-26(15-23(25)2)12-13-40-35(30)50-28;1-17-11-20-8-9-30-26-22(20)12-19(17)7-6-10-36-16-18(2)25(32)14-23(29(3,4)5)27(33)31-15-21(37-26)13-24(31)28(34)35;1-3-7-6-10(7,2)9(12)11-15(13,14)8-4-5-8;1-3-5-7-6-4-2;;1-5-7(4)6(2)3/h7,12-13,15-16,24,27-29,31-32H,1,8-11,14,17-22H2,2-6H3,(H,41,46);8-9,11-12,18,21,23-24H,6-7,10,13-16H2,1-5H3,(H,34,35);3,7-8H,1,4-6H2,2H3,(H,11,12);1H,2H3;1H4;1H3/q;;;;;-1/t24-,27+,28+,31+,32-,39+;18-,21+,23+,24-;7-,10+;;;/m001.../s1. The number of carbonyl (C=O) groups excluding carboxylic acids is 7. The smallest absolute Gasteiger partial charge is 0.326 e. The van der Waals surface area contributed by atoms with Crippen LogP contribution >= 0.6 is 0 Å². The second-order valence-corrected chi connectivity index (χ2v) is 38.4. The number of rotatable bonds is 14. The van der Waals surface area contributed by atoms with Gasteiger partial charge in [-0.05, 0) is 225 Å². The molecule has 4 aliphatic carbocycles. The number of sulfonamides is 2. The summed E-state index contributed by atoms with van der Waals surface area (Å²) >= 11 is 0. The zero-order valence-corrected chi connectivity index (χ0v) is 70.7. The van der Waals surface area contributed by atoms with Crippen LogP contribution in [0.3, 0.4) is 0 Å². The Morgan fingerprint density at radius 3 is 1.52 bits per heavy atom. The van der Waals surface area contributed by atoms with Gasteiger partial charge in [0, 0.05) is 92.2 Å². The van der Waals surface area contributed by atoms with Crippen LogP contribution in [-0.2, 0) is 80.7 Å². The molecule has 6 fully saturated rings. The summed E-state index contributed by atoms with van der Waals surface area (Å²) in [5.74, 6) is 7.16. The van der Waals surface area contributed by atoms with Crippen LogP contribution in [0, 0.1) is 107 Å². The summed E-state index contributed by atoms with van der Waals surface area (Å²) in [6.45, 7) is 32.0. The minimum absolute atomic E-state index is 0. The molecule has 32 heteroatoms.